The van der Waals surface area contributed by atoms with Gasteiger partial charge in [-0.15, -0.1) is 114 Å². The van der Waals surface area contributed by atoms with E-state index >= 15 is 0 Å². The van der Waals surface area contributed by atoms with Crippen LogP contribution in [-0.4, -0.2) is 0 Å². The van der Waals surface area contributed by atoms with Gasteiger partial charge in [-0.1, -0.05) is 83.9 Å². The van der Waals surface area contributed by atoms with Crippen LogP contribution >= 0.6 is 114 Å². The Bertz CT molecular complexity index is 3300. The first-order valence-corrected chi connectivity index (χ1v) is 34.1. The Hall–Kier alpha value is -3.87. The van der Waals surface area contributed by atoms with Crippen molar-refractivity contribution in [3.63, 3.8) is 0 Å². The van der Waals surface area contributed by atoms with Crippen LogP contribution in [0.4, 0.5) is 0 Å². The van der Waals surface area contributed by atoms with E-state index in [1.807, 2.05) is 61.5 Å². The van der Waals surface area contributed by atoms with Crippen molar-refractivity contribution < 1.29 is 0 Å². The normalized spacial score (nSPS) is 9.97. The van der Waals surface area contributed by atoms with Crippen LogP contribution in [0.15, 0.2) is 159 Å². The molecular formula is C80H106S9. The minimum Gasteiger partial charge on any atom is -0.143 e. The Balaban J connectivity index is 0.000000502. The van der Waals surface area contributed by atoms with Crippen molar-refractivity contribution in [2.24, 2.45) is 0 Å². The molecule has 0 nitrogen and oxygen atoms in total. The van der Waals surface area contributed by atoms with Gasteiger partial charge in [-0.05, 0) is 356 Å². The lowest BCUT2D eigenvalue weighted by Gasteiger charge is -2.14. The summed E-state index contributed by atoms with van der Waals surface area (Å²) in [6, 6.07) is 39.2. The topological polar surface area (TPSA) is 0 Å². The summed E-state index contributed by atoms with van der Waals surface area (Å²) in [5.74, 6) is 0. The number of benzene rings is 9. The maximum absolute atomic E-state index is 4.50. The van der Waals surface area contributed by atoms with Crippen molar-refractivity contribution in [2.45, 2.75) is 224 Å². The molecule has 0 aromatic heterocycles. The summed E-state index contributed by atoms with van der Waals surface area (Å²) in [4.78, 5) is 9.85. The molecule has 0 bridgehead atoms. The summed E-state index contributed by atoms with van der Waals surface area (Å²) in [6.07, 6.45) is 0. The van der Waals surface area contributed by atoms with Crippen LogP contribution in [0.2, 0.25) is 0 Å². The molecule has 0 amide bonds. The van der Waals surface area contributed by atoms with E-state index in [2.05, 4.69) is 347 Å². The summed E-state index contributed by atoms with van der Waals surface area (Å²) < 4.78 is 0. The molecule has 0 saturated heterocycles. The third-order valence-electron chi connectivity index (χ3n) is 17.0. The number of hydrogen-bond acceptors (Lipinski definition) is 9. The molecule has 480 valence electrons. The second kappa shape index (κ2) is 40.3. The molecule has 0 saturated carbocycles. The summed E-state index contributed by atoms with van der Waals surface area (Å²) in [5.41, 5.74) is 34.3. The van der Waals surface area contributed by atoms with Gasteiger partial charge >= 0.3 is 0 Å². The lowest BCUT2D eigenvalue weighted by Crippen LogP contribution is -1.96. The second-order valence-corrected chi connectivity index (χ2v) is 27.9. The monoisotopic (exact) mass is 1350 g/mol. The van der Waals surface area contributed by atoms with Gasteiger partial charge in [-0.25, -0.2) is 0 Å². The van der Waals surface area contributed by atoms with Gasteiger partial charge in [-0.2, -0.15) is 0 Å². The first-order valence-electron chi connectivity index (χ1n) is 30.0. The van der Waals surface area contributed by atoms with Gasteiger partial charge in [0.1, 0.15) is 0 Å². The lowest BCUT2D eigenvalue weighted by molar-refractivity contribution is 1.10. The molecule has 0 N–H and O–H groups in total. The quantitative estimate of drug-likeness (QED) is 0.0665. The van der Waals surface area contributed by atoms with E-state index in [1.54, 1.807) is 0 Å². The van der Waals surface area contributed by atoms with E-state index in [0.717, 1.165) is 44.1 Å². The van der Waals surface area contributed by atoms with Crippen LogP contribution in [0.25, 0.3) is 0 Å². The summed E-state index contributed by atoms with van der Waals surface area (Å²) in [6.45, 7) is 55.1. The van der Waals surface area contributed by atoms with Gasteiger partial charge in [0.05, 0.1) is 0 Å². The molecule has 0 heterocycles. The second-order valence-electron chi connectivity index (χ2n) is 23.6. The third-order valence-corrected chi connectivity index (χ3v) is 21.7. The largest absolute Gasteiger partial charge is 0.143 e. The van der Waals surface area contributed by atoms with Gasteiger partial charge in [-0.3, -0.25) is 0 Å². The van der Waals surface area contributed by atoms with E-state index in [1.165, 1.54) is 145 Å². The summed E-state index contributed by atoms with van der Waals surface area (Å²) in [5, 5.41) is 0. The van der Waals surface area contributed by atoms with E-state index in [9.17, 15) is 0 Å². The molecule has 0 aliphatic rings. The fourth-order valence-electron chi connectivity index (χ4n) is 8.67. The zero-order valence-corrected chi connectivity index (χ0v) is 66.5. The lowest BCUT2D eigenvalue weighted by atomic mass is 9.95. The van der Waals surface area contributed by atoms with E-state index in [-0.39, 0.29) is 0 Å². The van der Waals surface area contributed by atoms with E-state index in [0.29, 0.717) is 0 Å². The number of rotatable bonds is 0. The summed E-state index contributed by atoms with van der Waals surface area (Å²) >= 11 is 38.9. The van der Waals surface area contributed by atoms with Crippen LogP contribution in [0, 0.1) is 180 Å². The molecule has 0 fully saturated rings. The Morgan fingerprint density at radius 1 is 0.169 bits per heavy atom. The summed E-state index contributed by atoms with van der Waals surface area (Å²) in [7, 11) is 0. The SMILES string of the molecule is Cc1c(C)c(C)c(S)c(C)c1C.Cc1c(C)c(C)c(S)c(C)c1C.Cc1cc(C)c(S)c(C)c1C.Cc1cc(C)c(S)cc1C.Cc1ccc(C)c(S)c1.Cc1ccc(C)c(S)c1C.Cc1ccc(S)cc1.Cc1ccc(S)cc1C.Cc1ccccc1S. The van der Waals surface area contributed by atoms with Crippen molar-refractivity contribution in [3.05, 3.63) is 260 Å². The molecule has 0 unspecified atom stereocenters. The maximum atomic E-state index is 4.50. The van der Waals surface area contributed by atoms with Crippen molar-refractivity contribution in [1.82, 2.24) is 0 Å². The predicted molar refractivity (Wildman–Crippen MR) is 426 cm³/mol. The molecule has 9 aromatic carbocycles. The molecule has 0 radical (unpaired) electrons. The molecule has 89 heavy (non-hydrogen) atoms. The maximum Gasteiger partial charge on any atom is 0.0104 e. The Morgan fingerprint density at radius 3 is 0.888 bits per heavy atom. The molecular weight excluding hydrogens is 1250 g/mol. The van der Waals surface area contributed by atoms with Crippen molar-refractivity contribution >= 4 is 114 Å². The minimum atomic E-state index is 1.02. The molecule has 9 aromatic rings. The zero-order chi connectivity index (χ0) is 68.6. The fraction of sp³-hybridized carbons (Fsp3) is 0.325. The van der Waals surface area contributed by atoms with Crippen LogP contribution in [-0.2, 0) is 0 Å². The van der Waals surface area contributed by atoms with Gasteiger partial charge in [0.15, 0.2) is 0 Å². The van der Waals surface area contributed by atoms with Crippen molar-refractivity contribution in [1.29, 1.82) is 0 Å². The zero-order valence-electron chi connectivity index (χ0n) is 58.5. The highest BCUT2D eigenvalue weighted by Gasteiger charge is 2.10. The first-order chi connectivity index (χ1) is 41.2. The van der Waals surface area contributed by atoms with Gasteiger partial charge in [0.2, 0.25) is 0 Å². The number of aryl methyl sites for hydroxylation is 13. The molecule has 0 atom stereocenters. The Morgan fingerprint density at radius 2 is 0.506 bits per heavy atom. The van der Waals surface area contributed by atoms with Crippen LogP contribution < -0.4 is 0 Å². The average Bonchev–Trinajstić information content (AvgIpc) is 2.40. The average molecular weight is 1360 g/mol. The standard InChI is InChI=1S/2C11H16S.C10H14S.2C9H12S.2C8H10S.2C7H8S/c2*1-6-7(2)9(4)11(12)10(5)8(6)3;1-6-5-7(2)10(11)9(4)8(6)3;1-6-4-8(3)9(10)5-7(6)2;1-6-4-5-7(2)9(10)8(6)3;1-6-3-4-8(9)5-7(6)2;1-6-3-4-7(2)8(9)5-6;1-6-2-4-7(8)5-3-6;1-6-4-2-3-5-7(6)8/h2*12H,1-5H3;5,11H,1-4H3;2*4-5,10H,1-3H3;2*3-5,9H,1-2H3;2*2-5,8H,1H3. The predicted octanol–water partition coefficient (Wildman–Crippen LogP) is 25.8. The van der Waals surface area contributed by atoms with Crippen molar-refractivity contribution in [2.75, 3.05) is 0 Å². The molecule has 0 spiro atoms. The molecule has 9 rings (SSSR count). The third kappa shape index (κ3) is 27.3. The molecule has 0 aliphatic carbocycles. The van der Waals surface area contributed by atoms with Gasteiger partial charge in [0.25, 0.3) is 0 Å². The molecule has 0 aliphatic heterocycles. The highest BCUT2D eigenvalue weighted by atomic mass is 32.1. The van der Waals surface area contributed by atoms with Gasteiger partial charge in [0, 0.05) is 44.1 Å². The van der Waals surface area contributed by atoms with Crippen molar-refractivity contribution in [3.8, 4) is 0 Å². The van der Waals surface area contributed by atoms with E-state index in [4.69, 9.17) is 0 Å². The highest BCUT2D eigenvalue weighted by Crippen LogP contribution is 2.30. The first kappa shape index (κ1) is 83.1. The van der Waals surface area contributed by atoms with E-state index < -0.39 is 0 Å². The Labute approximate surface area is 592 Å². The highest BCUT2D eigenvalue weighted by molar-refractivity contribution is 7.81. The van der Waals surface area contributed by atoms with Crippen LogP contribution in [0.5, 0.6) is 0 Å². The minimum absolute atomic E-state index is 1.02. The smallest absolute Gasteiger partial charge is 0.0104 e. The van der Waals surface area contributed by atoms with Gasteiger partial charge < -0.3 is 0 Å². The number of thiol groups is 9. The van der Waals surface area contributed by atoms with Crippen LogP contribution in [0.3, 0.4) is 0 Å². The molecule has 9 heteroatoms. The Kier molecular flexibility index (Phi) is 37.6. The fourth-order valence-corrected chi connectivity index (χ4v) is 10.9. The number of hydrogen-bond donors (Lipinski definition) is 9. The van der Waals surface area contributed by atoms with Crippen LogP contribution in [0.1, 0.15) is 145 Å².